The Labute approximate surface area is 188 Å². The molecule has 0 fully saturated rings. The quantitative estimate of drug-likeness (QED) is 0.351. The third kappa shape index (κ3) is 3.11. The molecule has 0 spiro atoms. The highest BCUT2D eigenvalue weighted by Gasteiger charge is 2.45. The molecule has 0 aliphatic carbocycles. The highest BCUT2D eigenvalue weighted by Crippen LogP contribution is 2.40. The number of aromatic nitrogens is 2. The van der Waals surface area contributed by atoms with Gasteiger partial charge in [-0.1, -0.05) is 6.92 Å². The summed E-state index contributed by atoms with van der Waals surface area (Å²) in [5.74, 6) is -1.19. The summed E-state index contributed by atoms with van der Waals surface area (Å²) in [6, 6.07) is 4.67. The summed E-state index contributed by atoms with van der Waals surface area (Å²) in [5, 5.41) is 20.8. The molecule has 3 aromatic rings. The van der Waals surface area contributed by atoms with Crippen molar-refractivity contribution in [3.8, 4) is 11.4 Å². The molecular formula is C24H23FN2O6. The number of carbonyl (C=O) groups excluding carboxylic acids is 1. The second-order valence-electron chi connectivity index (χ2n) is 8.42. The van der Waals surface area contributed by atoms with Crippen molar-refractivity contribution in [1.29, 1.82) is 0 Å². The van der Waals surface area contributed by atoms with Crippen LogP contribution in [0.1, 0.15) is 41.2 Å². The SMILES string of the molecule is CC[C@@]1(O)C(=O)OCc2c1cc1n(c2=O)Cc2c-1nc1cc(F)c(C)cc1c2COCCO. The van der Waals surface area contributed by atoms with Gasteiger partial charge in [-0.2, -0.15) is 0 Å². The van der Waals surface area contributed by atoms with Crippen LogP contribution in [0.5, 0.6) is 0 Å². The van der Waals surface area contributed by atoms with E-state index in [0.717, 1.165) is 11.1 Å². The fourth-order valence-corrected chi connectivity index (χ4v) is 4.70. The first-order chi connectivity index (χ1) is 15.8. The van der Waals surface area contributed by atoms with Gasteiger partial charge < -0.3 is 24.3 Å². The first kappa shape index (κ1) is 21.7. The van der Waals surface area contributed by atoms with Gasteiger partial charge in [-0.3, -0.25) is 4.79 Å². The molecule has 9 heteroatoms. The van der Waals surface area contributed by atoms with Crippen LogP contribution in [0, 0.1) is 12.7 Å². The molecule has 2 aliphatic heterocycles. The van der Waals surface area contributed by atoms with Crippen LogP contribution in [0.25, 0.3) is 22.3 Å². The minimum Gasteiger partial charge on any atom is -0.458 e. The van der Waals surface area contributed by atoms with Crippen molar-refractivity contribution in [3.05, 3.63) is 62.2 Å². The second kappa shape index (κ2) is 7.72. The van der Waals surface area contributed by atoms with Crippen molar-refractivity contribution in [3.63, 3.8) is 0 Å². The number of hydrogen-bond acceptors (Lipinski definition) is 7. The molecule has 0 unspecified atom stereocenters. The van der Waals surface area contributed by atoms with E-state index in [1.165, 1.54) is 10.6 Å². The number of aryl methyl sites for hydroxylation is 1. The van der Waals surface area contributed by atoms with E-state index in [1.54, 1.807) is 26.0 Å². The maximum absolute atomic E-state index is 14.4. The Morgan fingerprint density at radius 1 is 1.27 bits per heavy atom. The summed E-state index contributed by atoms with van der Waals surface area (Å²) < 4.78 is 26.6. The average Bonchev–Trinajstić information content (AvgIpc) is 3.16. The fourth-order valence-electron chi connectivity index (χ4n) is 4.70. The molecule has 33 heavy (non-hydrogen) atoms. The van der Waals surface area contributed by atoms with Gasteiger partial charge in [0, 0.05) is 22.6 Å². The largest absolute Gasteiger partial charge is 0.458 e. The van der Waals surface area contributed by atoms with Gasteiger partial charge in [-0.15, -0.1) is 0 Å². The molecule has 0 radical (unpaired) electrons. The van der Waals surface area contributed by atoms with Crippen molar-refractivity contribution >= 4 is 16.9 Å². The molecule has 2 aromatic heterocycles. The number of aliphatic hydroxyl groups is 2. The molecule has 2 aliphatic rings. The molecule has 0 bridgehead atoms. The predicted molar refractivity (Wildman–Crippen MR) is 116 cm³/mol. The van der Waals surface area contributed by atoms with Crippen LogP contribution in [-0.4, -0.2) is 38.9 Å². The van der Waals surface area contributed by atoms with Crippen molar-refractivity contribution in [1.82, 2.24) is 9.55 Å². The minimum atomic E-state index is -1.92. The zero-order valence-electron chi connectivity index (χ0n) is 18.3. The number of fused-ring (bicyclic) bond motifs is 5. The molecule has 5 rings (SSSR count). The smallest absolute Gasteiger partial charge is 0.343 e. The van der Waals surface area contributed by atoms with Crippen LogP contribution in [0.15, 0.2) is 23.0 Å². The van der Waals surface area contributed by atoms with Crippen LogP contribution < -0.4 is 5.56 Å². The van der Waals surface area contributed by atoms with Gasteiger partial charge in [0.25, 0.3) is 5.56 Å². The second-order valence-corrected chi connectivity index (χ2v) is 8.42. The van der Waals surface area contributed by atoms with Crippen LogP contribution >= 0.6 is 0 Å². The van der Waals surface area contributed by atoms with Gasteiger partial charge in [-0.05, 0) is 36.6 Å². The molecule has 0 saturated carbocycles. The number of esters is 1. The van der Waals surface area contributed by atoms with E-state index >= 15 is 0 Å². The molecule has 2 N–H and O–H groups in total. The van der Waals surface area contributed by atoms with Crippen molar-refractivity contribution in [2.75, 3.05) is 13.2 Å². The number of ether oxygens (including phenoxy) is 2. The summed E-state index contributed by atoms with van der Waals surface area (Å²) in [6.45, 7) is 3.44. The molecule has 4 heterocycles. The molecule has 0 saturated heterocycles. The van der Waals surface area contributed by atoms with Gasteiger partial charge in [0.05, 0.1) is 48.8 Å². The minimum absolute atomic E-state index is 0.0461. The monoisotopic (exact) mass is 454 g/mol. The fraction of sp³-hybridized carbons (Fsp3) is 0.375. The average molecular weight is 454 g/mol. The first-order valence-electron chi connectivity index (χ1n) is 10.8. The van der Waals surface area contributed by atoms with Crippen LogP contribution in [-0.2, 0) is 39.6 Å². The number of halogens is 1. The highest BCUT2D eigenvalue weighted by molar-refractivity contribution is 5.89. The van der Waals surface area contributed by atoms with Crippen molar-refractivity contribution < 1.29 is 28.9 Å². The summed E-state index contributed by atoms with van der Waals surface area (Å²) in [4.78, 5) is 30.4. The molecule has 1 atom stereocenters. The third-order valence-corrected chi connectivity index (χ3v) is 6.57. The Bertz CT molecular complexity index is 1380. The summed E-state index contributed by atoms with van der Waals surface area (Å²) >= 11 is 0. The third-order valence-electron chi connectivity index (χ3n) is 6.57. The number of benzene rings is 1. The number of carbonyl (C=O) groups is 1. The number of rotatable bonds is 5. The van der Waals surface area contributed by atoms with Gasteiger partial charge in [-0.25, -0.2) is 14.2 Å². The molecule has 172 valence electrons. The van der Waals surface area contributed by atoms with Crippen molar-refractivity contribution in [2.24, 2.45) is 0 Å². The van der Waals surface area contributed by atoms with Gasteiger partial charge in [0.1, 0.15) is 12.4 Å². The van der Waals surface area contributed by atoms with E-state index in [9.17, 15) is 19.1 Å². The zero-order valence-corrected chi connectivity index (χ0v) is 18.3. The van der Waals surface area contributed by atoms with E-state index in [1.807, 2.05) is 0 Å². The number of nitrogens with zero attached hydrogens (tertiary/aromatic N) is 2. The maximum Gasteiger partial charge on any atom is 0.343 e. The summed E-state index contributed by atoms with van der Waals surface area (Å²) in [5.41, 5.74) is 1.46. The summed E-state index contributed by atoms with van der Waals surface area (Å²) in [6.07, 6.45) is 0.0461. The Kier molecular flexibility index (Phi) is 5.08. The Balaban J connectivity index is 1.78. The topological polar surface area (TPSA) is 111 Å². The lowest BCUT2D eigenvalue weighted by Gasteiger charge is -2.31. The number of hydrogen-bond donors (Lipinski definition) is 2. The number of pyridine rings is 2. The van der Waals surface area contributed by atoms with Gasteiger partial charge in [0.2, 0.25) is 0 Å². The molecule has 8 nitrogen and oxygen atoms in total. The zero-order chi connectivity index (χ0) is 23.5. The molecule has 1 aromatic carbocycles. The van der Waals surface area contributed by atoms with Crippen LogP contribution in [0.4, 0.5) is 4.39 Å². The van der Waals surface area contributed by atoms with Crippen LogP contribution in [0.2, 0.25) is 0 Å². The highest BCUT2D eigenvalue weighted by atomic mass is 19.1. The van der Waals surface area contributed by atoms with Gasteiger partial charge in [0.15, 0.2) is 5.60 Å². The first-order valence-corrected chi connectivity index (χ1v) is 10.8. The van der Waals surface area contributed by atoms with E-state index in [-0.39, 0.29) is 56.1 Å². The van der Waals surface area contributed by atoms with Crippen molar-refractivity contribution in [2.45, 2.75) is 45.6 Å². The van der Waals surface area contributed by atoms with E-state index in [4.69, 9.17) is 14.6 Å². The Morgan fingerprint density at radius 2 is 2.06 bits per heavy atom. The predicted octanol–water partition coefficient (Wildman–Crippen LogP) is 2.04. The van der Waals surface area contributed by atoms with Crippen LogP contribution in [0.3, 0.4) is 0 Å². The normalized spacial score (nSPS) is 18.8. The Morgan fingerprint density at radius 3 is 2.79 bits per heavy atom. The lowest BCUT2D eigenvalue weighted by molar-refractivity contribution is -0.172. The molecule has 0 amide bonds. The maximum atomic E-state index is 14.4. The summed E-state index contributed by atoms with van der Waals surface area (Å²) in [7, 11) is 0. The molecular weight excluding hydrogens is 431 g/mol. The standard InChI is InChI=1S/C24H23FN2O6/c1-3-24(31)17-7-20-21-14(9-27(20)22(29)16(17)11-33-23(24)30)15(10-32-5-4-28)13-6-12(2)18(25)8-19(13)26-21/h6-8,28,31H,3-5,9-11H2,1-2H3/t24-/m0/s1. The lowest BCUT2D eigenvalue weighted by atomic mass is 9.86. The number of cyclic esters (lactones) is 1. The number of aliphatic hydroxyl groups excluding tert-OH is 1. The van der Waals surface area contributed by atoms with E-state index < -0.39 is 17.4 Å². The van der Waals surface area contributed by atoms with E-state index in [0.29, 0.717) is 27.9 Å². The van der Waals surface area contributed by atoms with E-state index in [2.05, 4.69) is 4.98 Å². The lowest BCUT2D eigenvalue weighted by Crippen LogP contribution is -2.44. The Hall–Kier alpha value is -3.14. The van der Waals surface area contributed by atoms with Gasteiger partial charge >= 0.3 is 5.97 Å².